The number of nitrogens with zero attached hydrogens (tertiary/aromatic N) is 1. The molecule has 1 aromatic carbocycles. The van der Waals surface area contributed by atoms with E-state index in [0.29, 0.717) is 5.75 Å². The van der Waals surface area contributed by atoms with Gasteiger partial charge in [0.15, 0.2) is 6.10 Å². The van der Waals surface area contributed by atoms with E-state index < -0.39 is 12.0 Å². The minimum atomic E-state index is -0.809. The zero-order chi connectivity index (χ0) is 17.3. The van der Waals surface area contributed by atoms with Gasteiger partial charge in [-0.3, -0.25) is 19.8 Å². The zero-order valence-electron chi connectivity index (χ0n) is 14.0. The van der Waals surface area contributed by atoms with Gasteiger partial charge >= 0.3 is 0 Å². The summed E-state index contributed by atoms with van der Waals surface area (Å²) in [5.74, 6) is -1.08. The third-order valence-electron chi connectivity index (χ3n) is 4.77. The molecule has 1 N–H and O–H groups in total. The Bertz CT molecular complexity index is 631. The molecule has 0 aromatic heterocycles. The summed E-state index contributed by atoms with van der Waals surface area (Å²) >= 11 is 0. The molecule has 3 rings (SSSR count). The molecule has 128 valence electrons. The van der Waals surface area contributed by atoms with Crippen molar-refractivity contribution in [3.8, 4) is 5.75 Å². The number of hydrogen-bond acceptors (Lipinski definition) is 4. The fourth-order valence-corrected chi connectivity index (χ4v) is 3.35. The van der Waals surface area contributed by atoms with E-state index >= 15 is 0 Å². The van der Waals surface area contributed by atoms with Crippen LogP contribution in [0.3, 0.4) is 0 Å². The molecule has 1 aliphatic heterocycles. The Labute approximate surface area is 141 Å². The van der Waals surface area contributed by atoms with Gasteiger partial charge in [-0.05, 0) is 38.8 Å². The summed E-state index contributed by atoms with van der Waals surface area (Å²) in [4.78, 5) is 37.0. The maximum atomic E-state index is 12.4. The molecule has 1 aliphatic carbocycles. The molecule has 1 heterocycles. The molecule has 0 bridgehead atoms. The fourth-order valence-electron chi connectivity index (χ4n) is 3.35. The molecule has 6 heteroatoms. The number of benzene rings is 1. The molecule has 2 fully saturated rings. The number of hydrogen-bond donors (Lipinski definition) is 1. The Morgan fingerprint density at radius 3 is 2.21 bits per heavy atom. The van der Waals surface area contributed by atoms with Crippen molar-refractivity contribution in [1.29, 1.82) is 0 Å². The first kappa shape index (κ1) is 16.5. The molecule has 3 atom stereocenters. The van der Waals surface area contributed by atoms with Crippen LogP contribution in [0.2, 0.25) is 0 Å². The lowest BCUT2D eigenvalue weighted by atomic mass is 9.81. The van der Waals surface area contributed by atoms with Gasteiger partial charge < -0.3 is 4.74 Å². The average molecular weight is 330 g/mol. The largest absolute Gasteiger partial charge is 0.481 e. The summed E-state index contributed by atoms with van der Waals surface area (Å²) in [6.45, 7) is 3.55. The fraction of sp³-hybridized carbons (Fsp3) is 0.500. The molecule has 3 amide bonds. The number of fused-ring (bicyclic) bond motifs is 1. The molecule has 2 aliphatic rings. The van der Waals surface area contributed by atoms with Crippen molar-refractivity contribution < 1.29 is 19.1 Å². The molecule has 0 unspecified atom stereocenters. The summed E-state index contributed by atoms with van der Waals surface area (Å²) in [6.07, 6.45) is 2.54. The second kappa shape index (κ2) is 6.63. The van der Waals surface area contributed by atoms with Crippen molar-refractivity contribution in [2.24, 2.45) is 11.8 Å². The molecular formula is C18H22N2O4. The van der Waals surface area contributed by atoms with Gasteiger partial charge in [0.05, 0.1) is 11.8 Å². The van der Waals surface area contributed by atoms with E-state index in [4.69, 9.17) is 4.74 Å². The van der Waals surface area contributed by atoms with Crippen LogP contribution in [0.5, 0.6) is 5.75 Å². The van der Waals surface area contributed by atoms with E-state index in [-0.39, 0.29) is 23.7 Å². The number of amides is 3. The Morgan fingerprint density at radius 1 is 1.12 bits per heavy atom. The predicted molar refractivity (Wildman–Crippen MR) is 86.7 cm³/mol. The topological polar surface area (TPSA) is 75.7 Å². The van der Waals surface area contributed by atoms with Crippen molar-refractivity contribution >= 4 is 17.7 Å². The third-order valence-corrected chi connectivity index (χ3v) is 4.77. The maximum Gasteiger partial charge on any atom is 0.279 e. The molecule has 1 saturated carbocycles. The van der Waals surface area contributed by atoms with E-state index in [9.17, 15) is 14.4 Å². The summed E-state index contributed by atoms with van der Waals surface area (Å²) in [5.41, 5.74) is 3.53. The molecule has 0 radical (unpaired) electrons. The van der Waals surface area contributed by atoms with Crippen LogP contribution in [0.4, 0.5) is 0 Å². The molecule has 1 saturated heterocycles. The number of hydrazine groups is 1. The third kappa shape index (κ3) is 3.13. The highest BCUT2D eigenvalue weighted by molar-refractivity contribution is 6.06. The van der Waals surface area contributed by atoms with Crippen LogP contribution in [-0.2, 0) is 14.4 Å². The molecule has 1 aromatic rings. The monoisotopic (exact) mass is 330 g/mol. The van der Waals surface area contributed by atoms with Crippen molar-refractivity contribution in [2.75, 3.05) is 0 Å². The van der Waals surface area contributed by atoms with Crippen LogP contribution < -0.4 is 10.2 Å². The van der Waals surface area contributed by atoms with Gasteiger partial charge in [-0.25, -0.2) is 0 Å². The van der Waals surface area contributed by atoms with Crippen molar-refractivity contribution in [2.45, 2.75) is 45.6 Å². The normalized spacial score (nSPS) is 24.5. The minimum Gasteiger partial charge on any atom is -0.481 e. The highest BCUT2D eigenvalue weighted by atomic mass is 16.5. The lowest BCUT2D eigenvalue weighted by Crippen LogP contribution is -2.50. The standard InChI is InChI=1S/C18H22N2O4/c1-11-7-9-13(10-8-11)24-12(2)16(21)19-20-17(22)14-5-3-4-6-15(14)18(20)23/h7-10,12,14-15H,3-6H2,1-2H3,(H,19,21)/t12-,14+,15+/m1/s1. The van der Waals surface area contributed by atoms with Crippen LogP contribution in [0.1, 0.15) is 38.2 Å². The zero-order valence-corrected chi connectivity index (χ0v) is 14.0. The first-order chi connectivity index (χ1) is 11.5. The van der Waals surface area contributed by atoms with Crippen molar-refractivity contribution in [3.63, 3.8) is 0 Å². The van der Waals surface area contributed by atoms with Gasteiger partial charge in [-0.1, -0.05) is 30.5 Å². The molecular weight excluding hydrogens is 308 g/mol. The van der Waals surface area contributed by atoms with Crippen LogP contribution in [0.15, 0.2) is 24.3 Å². The Morgan fingerprint density at radius 2 is 1.67 bits per heavy atom. The smallest absolute Gasteiger partial charge is 0.279 e. The van der Waals surface area contributed by atoms with Crippen LogP contribution in [0, 0.1) is 18.8 Å². The highest BCUT2D eigenvalue weighted by Crippen LogP contribution is 2.37. The number of aryl methyl sites for hydroxylation is 1. The van der Waals surface area contributed by atoms with E-state index in [2.05, 4.69) is 5.43 Å². The number of imide groups is 1. The molecule has 24 heavy (non-hydrogen) atoms. The van der Waals surface area contributed by atoms with E-state index in [0.717, 1.165) is 36.3 Å². The summed E-state index contributed by atoms with van der Waals surface area (Å²) in [5, 5.41) is 0.901. The van der Waals surface area contributed by atoms with Gasteiger partial charge in [0.2, 0.25) is 0 Å². The Kier molecular flexibility index (Phi) is 4.55. The number of carbonyl (C=O) groups is 3. The second-order valence-electron chi connectivity index (χ2n) is 6.56. The van der Waals surface area contributed by atoms with Crippen molar-refractivity contribution in [1.82, 2.24) is 10.4 Å². The lowest BCUT2D eigenvalue weighted by Gasteiger charge is -2.20. The second-order valence-corrected chi connectivity index (χ2v) is 6.56. The summed E-state index contributed by atoms with van der Waals surface area (Å²) in [7, 11) is 0. The number of nitrogens with one attached hydrogen (secondary N) is 1. The van der Waals surface area contributed by atoms with E-state index in [1.165, 1.54) is 0 Å². The van der Waals surface area contributed by atoms with Crippen LogP contribution >= 0.6 is 0 Å². The summed E-state index contributed by atoms with van der Waals surface area (Å²) in [6, 6.07) is 7.33. The first-order valence-corrected chi connectivity index (χ1v) is 8.39. The van der Waals surface area contributed by atoms with Crippen LogP contribution in [0.25, 0.3) is 0 Å². The highest BCUT2D eigenvalue weighted by Gasteiger charge is 2.49. The average Bonchev–Trinajstić information content (AvgIpc) is 2.82. The van der Waals surface area contributed by atoms with Gasteiger partial charge in [-0.2, -0.15) is 5.01 Å². The number of carbonyl (C=O) groups excluding carboxylic acids is 3. The molecule has 6 nitrogen and oxygen atoms in total. The predicted octanol–water partition coefficient (Wildman–Crippen LogP) is 1.97. The Hall–Kier alpha value is -2.37. The minimum absolute atomic E-state index is 0.278. The van der Waals surface area contributed by atoms with Gasteiger partial charge in [0.1, 0.15) is 5.75 Å². The number of rotatable bonds is 4. The summed E-state index contributed by atoms with van der Waals surface area (Å²) < 4.78 is 5.57. The SMILES string of the molecule is Cc1ccc(O[C@H](C)C(=O)NN2C(=O)[C@H]3CCCC[C@@H]3C2=O)cc1. The Balaban J connectivity index is 1.62. The van der Waals surface area contributed by atoms with E-state index in [1.54, 1.807) is 19.1 Å². The quantitative estimate of drug-likeness (QED) is 0.857. The maximum absolute atomic E-state index is 12.4. The van der Waals surface area contributed by atoms with Crippen LogP contribution in [-0.4, -0.2) is 28.8 Å². The van der Waals surface area contributed by atoms with Crippen molar-refractivity contribution in [3.05, 3.63) is 29.8 Å². The number of ether oxygens (including phenoxy) is 1. The van der Waals surface area contributed by atoms with Gasteiger partial charge in [-0.15, -0.1) is 0 Å². The lowest BCUT2D eigenvalue weighted by molar-refractivity contribution is -0.151. The first-order valence-electron chi connectivity index (χ1n) is 8.39. The molecule has 0 spiro atoms. The van der Waals surface area contributed by atoms with Gasteiger partial charge in [0.25, 0.3) is 17.7 Å². The van der Waals surface area contributed by atoms with E-state index in [1.807, 2.05) is 19.1 Å². The van der Waals surface area contributed by atoms with Gasteiger partial charge in [0, 0.05) is 0 Å².